The highest BCUT2D eigenvalue weighted by Gasteiger charge is 2.31. The van der Waals surface area contributed by atoms with Gasteiger partial charge in [0.2, 0.25) is 17.7 Å². The summed E-state index contributed by atoms with van der Waals surface area (Å²) in [6.07, 6.45) is 2.13. The number of phenols is 1. The van der Waals surface area contributed by atoms with Gasteiger partial charge in [-0.1, -0.05) is 32.4 Å². The minimum atomic E-state index is -1.30. The van der Waals surface area contributed by atoms with E-state index in [1.807, 2.05) is 0 Å². The van der Waals surface area contributed by atoms with Crippen molar-refractivity contribution < 1.29 is 29.4 Å². The number of nitrogens with one attached hydrogen (secondary N) is 3. The lowest BCUT2D eigenvalue weighted by Crippen LogP contribution is -2.58. The Morgan fingerprint density at radius 3 is 2.05 bits per heavy atom. The number of amides is 3. The lowest BCUT2D eigenvalue weighted by Gasteiger charge is -2.27. The van der Waals surface area contributed by atoms with E-state index >= 15 is 0 Å². The summed E-state index contributed by atoms with van der Waals surface area (Å²) in [4.78, 5) is 54.8. The van der Waals surface area contributed by atoms with Gasteiger partial charge in [-0.05, 0) is 55.8 Å². The van der Waals surface area contributed by atoms with Gasteiger partial charge in [-0.2, -0.15) is 0 Å². The molecule has 0 bridgehead atoms. The van der Waals surface area contributed by atoms with Gasteiger partial charge < -0.3 is 49.1 Å². The summed E-state index contributed by atoms with van der Waals surface area (Å²) in [5.41, 5.74) is 22.7. The molecular formula is C26H44N8O6. The van der Waals surface area contributed by atoms with Crippen molar-refractivity contribution in [3.8, 4) is 5.75 Å². The fraction of sp³-hybridized carbons (Fsp3) is 0.577. The quantitative estimate of drug-likeness (QED) is 0.0574. The Balaban J connectivity index is 3.02. The Morgan fingerprint density at radius 2 is 1.50 bits per heavy atom. The van der Waals surface area contributed by atoms with Gasteiger partial charge in [0.25, 0.3) is 0 Å². The molecule has 1 rings (SSSR count). The average Bonchev–Trinajstić information content (AvgIpc) is 2.89. The highest BCUT2D eigenvalue weighted by molar-refractivity contribution is 5.94. The van der Waals surface area contributed by atoms with Crippen LogP contribution in [0.25, 0.3) is 0 Å². The van der Waals surface area contributed by atoms with Gasteiger partial charge in [-0.25, -0.2) is 4.79 Å². The summed E-state index contributed by atoms with van der Waals surface area (Å²) in [6.45, 7) is 4.13. The normalized spacial score (nSPS) is 13.9. The van der Waals surface area contributed by atoms with Crippen molar-refractivity contribution in [2.75, 3.05) is 13.1 Å². The third-order valence-electron chi connectivity index (χ3n) is 6.12. The predicted molar refractivity (Wildman–Crippen MR) is 151 cm³/mol. The number of aromatic hydroxyl groups is 1. The second-order valence-corrected chi connectivity index (χ2v) is 9.90. The molecule has 0 spiro atoms. The number of hydrogen-bond acceptors (Lipinski definition) is 8. The number of aliphatic carboxylic acids is 1. The molecule has 0 fully saturated rings. The monoisotopic (exact) mass is 564 g/mol. The first-order valence-electron chi connectivity index (χ1n) is 13.3. The summed E-state index contributed by atoms with van der Waals surface area (Å²) in [6, 6.07) is 1.65. The molecule has 14 heteroatoms. The van der Waals surface area contributed by atoms with Crippen LogP contribution in [0.5, 0.6) is 5.75 Å². The number of rotatable bonds is 18. The molecule has 0 aliphatic carbocycles. The van der Waals surface area contributed by atoms with E-state index in [9.17, 15) is 29.4 Å². The molecule has 1 aromatic carbocycles. The topological polar surface area (TPSA) is 261 Å². The van der Waals surface area contributed by atoms with Crippen LogP contribution in [-0.2, 0) is 25.6 Å². The summed E-state index contributed by atoms with van der Waals surface area (Å²) in [5, 5.41) is 26.9. The Labute approximate surface area is 234 Å². The Bertz CT molecular complexity index is 997. The molecule has 40 heavy (non-hydrogen) atoms. The van der Waals surface area contributed by atoms with Crippen LogP contribution in [-0.4, -0.2) is 77.1 Å². The van der Waals surface area contributed by atoms with Crippen molar-refractivity contribution in [3.63, 3.8) is 0 Å². The molecule has 4 atom stereocenters. The first kappa shape index (κ1) is 34.1. The Kier molecular flexibility index (Phi) is 15.0. The zero-order valence-electron chi connectivity index (χ0n) is 23.1. The van der Waals surface area contributed by atoms with Gasteiger partial charge in [0, 0.05) is 13.0 Å². The maximum Gasteiger partial charge on any atom is 0.326 e. The van der Waals surface area contributed by atoms with E-state index in [0.29, 0.717) is 31.4 Å². The second-order valence-electron chi connectivity index (χ2n) is 9.90. The van der Waals surface area contributed by atoms with E-state index in [4.69, 9.17) is 22.9 Å². The van der Waals surface area contributed by atoms with Gasteiger partial charge in [0.1, 0.15) is 23.9 Å². The number of unbranched alkanes of at least 4 members (excludes halogenated alkanes) is 1. The van der Waals surface area contributed by atoms with Gasteiger partial charge in [-0.3, -0.25) is 19.4 Å². The van der Waals surface area contributed by atoms with Crippen molar-refractivity contribution in [2.24, 2.45) is 33.8 Å². The number of carbonyl (C=O) groups is 4. The second kappa shape index (κ2) is 17.6. The first-order chi connectivity index (χ1) is 18.8. The number of phenolic OH excluding ortho intramolecular Hbond substituents is 1. The van der Waals surface area contributed by atoms with Crippen molar-refractivity contribution in [1.29, 1.82) is 0 Å². The fourth-order valence-electron chi connectivity index (χ4n) is 3.81. The van der Waals surface area contributed by atoms with E-state index in [0.717, 1.165) is 6.42 Å². The highest BCUT2D eigenvalue weighted by atomic mass is 16.4. The van der Waals surface area contributed by atoms with Gasteiger partial charge in [0.15, 0.2) is 5.96 Å². The van der Waals surface area contributed by atoms with Crippen LogP contribution in [0.4, 0.5) is 0 Å². The largest absolute Gasteiger partial charge is 0.508 e. The minimum Gasteiger partial charge on any atom is -0.508 e. The SMILES string of the molecule is CC(C)C(NC(=O)C(N)CCCCN)C(=O)NC(CCCN=C(N)N)C(=O)NC(Cc1ccc(O)cc1)C(=O)O. The Hall–Kier alpha value is -3.91. The Morgan fingerprint density at radius 1 is 0.875 bits per heavy atom. The molecule has 4 unspecified atom stereocenters. The van der Waals surface area contributed by atoms with E-state index in [2.05, 4.69) is 20.9 Å². The van der Waals surface area contributed by atoms with Crippen molar-refractivity contribution in [3.05, 3.63) is 29.8 Å². The smallest absolute Gasteiger partial charge is 0.326 e. The molecule has 0 radical (unpaired) electrons. The van der Waals surface area contributed by atoms with Crippen molar-refractivity contribution in [2.45, 2.75) is 76.5 Å². The van der Waals surface area contributed by atoms with Crippen LogP contribution in [0.1, 0.15) is 51.5 Å². The molecule has 1 aromatic rings. The predicted octanol–water partition coefficient (Wildman–Crippen LogP) is -1.36. The number of carboxylic acid groups (broad SMARTS) is 1. The molecule has 0 saturated heterocycles. The summed E-state index contributed by atoms with van der Waals surface area (Å²) < 4.78 is 0. The molecule has 0 aliphatic rings. The first-order valence-corrected chi connectivity index (χ1v) is 13.3. The lowest BCUT2D eigenvalue weighted by molar-refractivity contribution is -0.142. The maximum absolute atomic E-state index is 13.2. The lowest BCUT2D eigenvalue weighted by atomic mass is 10.0. The standard InChI is InChI=1S/C26H44N8O6/c1-15(2)21(34-22(36)18(28)6-3-4-12-27)24(38)32-19(7-5-13-31-26(29)30)23(37)33-20(25(39)40)14-16-8-10-17(35)11-9-16/h8-11,15,18-21,35H,3-7,12-14,27-28H2,1-2H3,(H,32,38)(H,33,37)(H,34,36)(H,39,40)(H4,29,30,31). The molecular weight excluding hydrogens is 520 g/mol. The van der Waals surface area contributed by atoms with Gasteiger partial charge in [0.05, 0.1) is 6.04 Å². The third kappa shape index (κ3) is 12.8. The zero-order valence-corrected chi connectivity index (χ0v) is 23.1. The summed E-state index contributed by atoms with van der Waals surface area (Å²) in [5.74, 6) is -3.57. The van der Waals surface area contributed by atoms with Crippen LogP contribution >= 0.6 is 0 Å². The third-order valence-corrected chi connectivity index (χ3v) is 6.12. The molecule has 0 heterocycles. The molecule has 0 aliphatic heterocycles. The molecule has 0 aromatic heterocycles. The van der Waals surface area contributed by atoms with Crippen molar-refractivity contribution >= 4 is 29.7 Å². The molecule has 14 nitrogen and oxygen atoms in total. The zero-order chi connectivity index (χ0) is 30.2. The minimum absolute atomic E-state index is 0.0199. The number of guanidine groups is 1. The van der Waals surface area contributed by atoms with Gasteiger partial charge in [-0.15, -0.1) is 0 Å². The summed E-state index contributed by atoms with van der Waals surface area (Å²) >= 11 is 0. The number of hydrogen-bond donors (Lipinski definition) is 9. The number of nitrogens with two attached hydrogens (primary N) is 4. The maximum atomic E-state index is 13.2. The molecule has 0 saturated carbocycles. The highest BCUT2D eigenvalue weighted by Crippen LogP contribution is 2.12. The van der Waals surface area contributed by atoms with Crippen LogP contribution < -0.4 is 38.9 Å². The van der Waals surface area contributed by atoms with Crippen LogP contribution in [0.3, 0.4) is 0 Å². The number of carboxylic acids is 1. The van der Waals surface area contributed by atoms with E-state index < -0.39 is 47.9 Å². The average molecular weight is 565 g/mol. The molecule has 13 N–H and O–H groups in total. The van der Waals surface area contributed by atoms with Crippen LogP contribution in [0.2, 0.25) is 0 Å². The number of benzene rings is 1. The van der Waals surface area contributed by atoms with Crippen LogP contribution in [0.15, 0.2) is 29.3 Å². The fourth-order valence-corrected chi connectivity index (χ4v) is 3.81. The van der Waals surface area contributed by atoms with E-state index in [1.165, 1.54) is 12.1 Å². The number of aliphatic imine (C=N–C) groups is 1. The number of nitrogens with zero attached hydrogens (tertiary/aromatic N) is 1. The summed E-state index contributed by atoms with van der Waals surface area (Å²) in [7, 11) is 0. The number of carbonyl (C=O) groups excluding carboxylic acids is 3. The van der Waals surface area contributed by atoms with E-state index in [-0.39, 0.29) is 37.0 Å². The van der Waals surface area contributed by atoms with E-state index in [1.54, 1.807) is 26.0 Å². The van der Waals surface area contributed by atoms with Gasteiger partial charge >= 0.3 is 5.97 Å². The van der Waals surface area contributed by atoms with Crippen LogP contribution in [0, 0.1) is 5.92 Å². The van der Waals surface area contributed by atoms with Crippen molar-refractivity contribution in [1.82, 2.24) is 16.0 Å². The molecule has 3 amide bonds. The molecule has 224 valence electrons.